The van der Waals surface area contributed by atoms with E-state index >= 15 is 0 Å². The van der Waals surface area contributed by atoms with Gasteiger partial charge in [-0.2, -0.15) is 0 Å². The highest BCUT2D eigenvalue weighted by Crippen LogP contribution is 2.20. The number of anilines is 1. The van der Waals surface area contributed by atoms with Crippen LogP contribution >= 0.6 is 0 Å². The number of nitrogens with two attached hydrogens (primary N) is 1. The van der Waals surface area contributed by atoms with E-state index in [1.807, 2.05) is 25.1 Å². The van der Waals surface area contributed by atoms with Gasteiger partial charge in [-0.1, -0.05) is 31.9 Å². The molecular formula is C12H19NOS. The van der Waals surface area contributed by atoms with E-state index in [4.69, 9.17) is 5.73 Å². The minimum absolute atomic E-state index is 0.687. The van der Waals surface area contributed by atoms with E-state index in [0.717, 1.165) is 35.5 Å². The molecule has 1 aromatic carbocycles. The minimum atomic E-state index is -0.932. The van der Waals surface area contributed by atoms with Crippen LogP contribution in [0, 0.1) is 6.92 Å². The molecule has 2 nitrogen and oxygen atoms in total. The van der Waals surface area contributed by atoms with Gasteiger partial charge in [-0.05, 0) is 25.0 Å². The molecule has 0 amide bonds. The highest BCUT2D eigenvalue weighted by molar-refractivity contribution is 7.85. The molecule has 0 fully saturated rings. The summed E-state index contributed by atoms with van der Waals surface area (Å²) in [7, 11) is -0.932. The molecule has 0 aromatic heterocycles. The summed E-state index contributed by atoms with van der Waals surface area (Å²) in [6, 6.07) is 5.73. The van der Waals surface area contributed by atoms with E-state index in [1.54, 1.807) is 0 Å². The number of para-hydroxylation sites is 1. The Labute approximate surface area is 94.3 Å². The van der Waals surface area contributed by atoms with Crippen LogP contribution in [-0.2, 0) is 10.8 Å². The fraction of sp³-hybridized carbons (Fsp3) is 0.500. The molecule has 0 spiro atoms. The third-order valence-electron chi connectivity index (χ3n) is 2.46. The van der Waals surface area contributed by atoms with Crippen LogP contribution in [0.25, 0.3) is 0 Å². The van der Waals surface area contributed by atoms with Gasteiger partial charge in [0.15, 0.2) is 0 Å². The molecule has 1 aromatic rings. The summed E-state index contributed by atoms with van der Waals surface area (Å²) in [5, 5.41) is 0. The third-order valence-corrected chi connectivity index (χ3v) is 3.97. The molecule has 2 N–H and O–H groups in total. The Morgan fingerprint density at radius 3 is 2.73 bits per heavy atom. The molecule has 84 valence electrons. The predicted octanol–water partition coefficient (Wildman–Crippen LogP) is 2.88. The Hall–Kier alpha value is -0.830. The summed E-state index contributed by atoms with van der Waals surface area (Å²) in [5.74, 6) is 0.724. The van der Waals surface area contributed by atoms with Crippen LogP contribution in [0.1, 0.15) is 31.7 Å². The lowest BCUT2D eigenvalue weighted by atomic mass is 10.2. The molecule has 0 aliphatic carbocycles. The summed E-state index contributed by atoms with van der Waals surface area (Å²) >= 11 is 0. The summed E-state index contributed by atoms with van der Waals surface area (Å²) in [6.07, 6.45) is 3.30. The number of rotatable bonds is 5. The van der Waals surface area contributed by atoms with Gasteiger partial charge in [-0.3, -0.25) is 4.21 Å². The number of benzene rings is 1. The first kappa shape index (κ1) is 12.2. The van der Waals surface area contributed by atoms with Gasteiger partial charge < -0.3 is 5.73 Å². The lowest BCUT2D eigenvalue weighted by molar-refractivity contribution is 0.676. The number of hydrogen-bond donors (Lipinski definition) is 1. The van der Waals surface area contributed by atoms with Crippen LogP contribution in [0.4, 0.5) is 5.69 Å². The SMILES string of the molecule is CCCCCS(=O)c1cccc(C)c1N. The van der Waals surface area contributed by atoms with Crippen LogP contribution in [0.3, 0.4) is 0 Å². The third kappa shape index (κ3) is 3.34. The van der Waals surface area contributed by atoms with E-state index in [2.05, 4.69) is 6.92 Å². The smallest absolute Gasteiger partial charge is 0.0620 e. The van der Waals surface area contributed by atoms with Crippen molar-refractivity contribution in [2.75, 3.05) is 11.5 Å². The fourth-order valence-corrected chi connectivity index (χ4v) is 2.77. The van der Waals surface area contributed by atoms with Gasteiger partial charge in [-0.25, -0.2) is 0 Å². The molecule has 15 heavy (non-hydrogen) atoms. The van der Waals surface area contributed by atoms with Crippen molar-refractivity contribution in [2.45, 2.75) is 38.0 Å². The number of unbranched alkanes of at least 4 members (excludes halogenated alkanes) is 2. The van der Waals surface area contributed by atoms with Gasteiger partial charge in [0.2, 0.25) is 0 Å². The van der Waals surface area contributed by atoms with Crippen molar-refractivity contribution < 1.29 is 4.21 Å². The Morgan fingerprint density at radius 1 is 1.33 bits per heavy atom. The molecule has 0 saturated carbocycles. The summed E-state index contributed by atoms with van der Waals surface area (Å²) in [5.41, 5.74) is 7.59. The van der Waals surface area contributed by atoms with Crippen molar-refractivity contribution in [3.8, 4) is 0 Å². The Kier molecular flexibility index (Phi) is 4.82. The number of hydrogen-bond acceptors (Lipinski definition) is 2. The van der Waals surface area contributed by atoms with Crippen molar-refractivity contribution in [3.63, 3.8) is 0 Å². The second-order valence-electron chi connectivity index (χ2n) is 3.74. The average Bonchev–Trinajstić information content (AvgIpc) is 2.22. The van der Waals surface area contributed by atoms with Crippen molar-refractivity contribution >= 4 is 16.5 Å². The van der Waals surface area contributed by atoms with E-state index in [1.165, 1.54) is 0 Å². The van der Waals surface area contributed by atoms with Crippen LogP contribution in [-0.4, -0.2) is 9.96 Å². The molecule has 0 heterocycles. The van der Waals surface area contributed by atoms with E-state index < -0.39 is 10.8 Å². The fourth-order valence-electron chi connectivity index (χ4n) is 1.45. The first-order chi connectivity index (χ1) is 7.16. The first-order valence-corrected chi connectivity index (χ1v) is 6.72. The summed E-state index contributed by atoms with van der Waals surface area (Å²) in [4.78, 5) is 0.797. The zero-order valence-electron chi connectivity index (χ0n) is 9.45. The zero-order valence-corrected chi connectivity index (χ0v) is 10.3. The Balaban J connectivity index is 2.69. The molecule has 0 aliphatic rings. The summed E-state index contributed by atoms with van der Waals surface area (Å²) in [6.45, 7) is 4.09. The van der Waals surface area contributed by atoms with Gasteiger partial charge in [0.25, 0.3) is 0 Å². The van der Waals surface area contributed by atoms with Gasteiger partial charge in [0, 0.05) is 5.75 Å². The maximum absolute atomic E-state index is 11.9. The van der Waals surface area contributed by atoms with Crippen LogP contribution < -0.4 is 5.73 Å². The molecular weight excluding hydrogens is 206 g/mol. The van der Waals surface area contributed by atoms with E-state index in [0.29, 0.717) is 5.69 Å². The van der Waals surface area contributed by atoms with Gasteiger partial charge in [0.05, 0.1) is 21.4 Å². The quantitative estimate of drug-likeness (QED) is 0.618. The maximum Gasteiger partial charge on any atom is 0.0620 e. The molecule has 0 bridgehead atoms. The first-order valence-electron chi connectivity index (χ1n) is 5.40. The molecule has 1 atom stereocenters. The van der Waals surface area contributed by atoms with Gasteiger partial charge in [0.1, 0.15) is 0 Å². The standard InChI is InChI=1S/C12H19NOS/c1-3-4-5-9-15(14)11-8-6-7-10(2)12(11)13/h6-8H,3-5,9,13H2,1-2H3. The molecule has 1 rings (SSSR count). The van der Waals surface area contributed by atoms with Crippen molar-refractivity contribution in [3.05, 3.63) is 23.8 Å². The largest absolute Gasteiger partial charge is 0.398 e. The van der Waals surface area contributed by atoms with E-state index in [9.17, 15) is 4.21 Å². The number of aryl methyl sites for hydroxylation is 1. The Bertz CT molecular complexity index is 349. The van der Waals surface area contributed by atoms with Crippen molar-refractivity contribution in [1.82, 2.24) is 0 Å². The highest BCUT2D eigenvalue weighted by atomic mass is 32.2. The lowest BCUT2D eigenvalue weighted by Crippen LogP contribution is -2.03. The van der Waals surface area contributed by atoms with Crippen LogP contribution in [0.5, 0.6) is 0 Å². The minimum Gasteiger partial charge on any atom is -0.398 e. The maximum atomic E-state index is 11.9. The normalized spacial score (nSPS) is 12.7. The molecule has 0 radical (unpaired) electrons. The number of nitrogen functional groups attached to an aromatic ring is 1. The van der Waals surface area contributed by atoms with Gasteiger partial charge in [-0.15, -0.1) is 0 Å². The average molecular weight is 225 g/mol. The van der Waals surface area contributed by atoms with Crippen molar-refractivity contribution in [1.29, 1.82) is 0 Å². The van der Waals surface area contributed by atoms with Crippen LogP contribution in [0.15, 0.2) is 23.1 Å². The monoisotopic (exact) mass is 225 g/mol. The zero-order chi connectivity index (χ0) is 11.3. The van der Waals surface area contributed by atoms with Gasteiger partial charge >= 0.3 is 0 Å². The Morgan fingerprint density at radius 2 is 2.07 bits per heavy atom. The topological polar surface area (TPSA) is 43.1 Å². The van der Waals surface area contributed by atoms with E-state index in [-0.39, 0.29) is 0 Å². The predicted molar refractivity (Wildman–Crippen MR) is 66.4 cm³/mol. The molecule has 3 heteroatoms. The molecule has 0 saturated heterocycles. The second kappa shape index (κ2) is 5.91. The van der Waals surface area contributed by atoms with Crippen molar-refractivity contribution in [2.24, 2.45) is 0 Å². The lowest BCUT2D eigenvalue weighted by Gasteiger charge is -2.07. The van der Waals surface area contributed by atoms with Crippen LogP contribution in [0.2, 0.25) is 0 Å². The molecule has 1 unspecified atom stereocenters. The molecule has 0 aliphatic heterocycles. The summed E-state index contributed by atoms with van der Waals surface area (Å²) < 4.78 is 11.9. The highest BCUT2D eigenvalue weighted by Gasteiger charge is 2.08. The second-order valence-corrected chi connectivity index (χ2v) is 5.28.